The van der Waals surface area contributed by atoms with E-state index in [4.69, 9.17) is 5.73 Å². The van der Waals surface area contributed by atoms with Gasteiger partial charge in [0.25, 0.3) is 0 Å². The highest BCUT2D eigenvalue weighted by molar-refractivity contribution is 7.13. The Hall–Kier alpha value is -1.89. The third-order valence-electron chi connectivity index (χ3n) is 2.33. The fourth-order valence-electron chi connectivity index (χ4n) is 1.43. The summed E-state index contributed by atoms with van der Waals surface area (Å²) in [5.41, 5.74) is 7.02. The molecule has 7 heteroatoms. The quantitative estimate of drug-likeness (QED) is 0.345. The summed E-state index contributed by atoms with van der Waals surface area (Å²) >= 11 is 1.59. The maximum Gasteiger partial charge on any atom is 0.332 e. The van der Waals surface area contributed by atoms with Gasteiger partial charge in [0.1, 0.15) is 0 Å². The molecular weight excluding hydrogens is 266 g/mol. The number of primary amides is 1. The number of nitrogens with two attached hydrogens (primary N) is 1. The third-order valence-corrected chi connectivity index (χ3v) is 3.41. The summed E-state index contributed by atoms with van der Waals surface area (Å²) in [4.78, 5) is 23.5. The van der Waals surface area contributed by atoms with Gasteiger partial charge in [-0.15, -0.1) is 11.3 Å². The summed E-state index contributed by atoms with van der Waals surface area (Å²) in [6.07, 6.45) is 4.67. The van der Waals surface area contributed by atoms with Crippen molar-refractivity contribution < 1.29 is 14.3 Å². The average Bonchev–Trinajstić information content (AvgIpc) is 2.82. The minimum atomic E-state index is -0.684. The molecule has 1 heterocycles. The first-order valence-electron chi connectivity index (χ1n) is 5.86. The maximum atomic E-state index is 10.9. The number of methoxy groups -OCH3 is 1. The Bertz CT molecular complexity index is 457. The molecule has 1 aromatic rings. The van der Waals surface area contributed by atoms with E-state index in [0.717, 1.165) is 24.1 Å². The number of carbonyl (C=O) groups excluding carboxylic acids is 2. The van der Waals surface area contributed by atoms with Gasteiger partial charge in [0, 0.05) is 16.2 Å². The fraction of sp³-hybridized carbons (Fsp3) is 0.417. The lowest BCUT2D eigenvalue weighted by Crippen LogP contribution is -2.24. The second kappa shape index (κ2) is 8.25. The van der Waals surface area contributed by atoms with E-state index < -0.39 is 6.03 Å². The summed E-state index contributed by atoms with van der Waals surface area (Å²) < 4.78 is 4.57. The standard InChI is InChI=1S/C12H17N3O3S/c1-18-11(16)5-3-2-4-9-6-7-10(19-9)8-14-15-12(13)17/h6-8H,2-5H2,1H3,(H3,13,15,17). The molecule has 6 nitrogen and oxygen atoms in total. The largest absolute Gasteiger partial charge is 0.469 e. The molecule has 0 aliphatic rings. The van der Waals surface area contributed by atoms with E-state index in [1.54, 1.807) is 17.6 Å². The van der Waals surface area contributed by atoms with Crippen LogP contribution >= 0.6 is 11.3 Å². The van der Waals surface area contributed by atoms with Gasteiger partial charge in [0.2, 0.25) is 0 Å². The molecule has 3 N–H and O–H groups in total. The highest BCUT2D eigenvalue weighted by Gasteiger charge is 2.02. The summed E-state index contributed by atoms with van der Waals surface area (Å²) in [5.74, 6) is -0.170. The smallest absolute Gasteiger partial charge is 0.332 e. The number of nitrogens with one attached hydrogen (secondary N) is 1. The van der Waals surface area contributed by atoms with Gasteiger partial charge in [0.05, 0.1) is 13.3 Å². The van der Waals surface area contributed by atoms with Gasteiger partial charge in [-0.2, -0.15) is 5.10 Å². The Balaban J connectivity index is 2.28. The number of hydrogen-bond donors (Lipinski definition) is 2. The number of hydrogen-bond acceptors (Lipinski definition) is 5. The zero-order chi connectivity index (χ0) is 14.1. The molecule has 0 atom stereocenters. The second-order valence-corrected chi connectivity index (χ2v) is 5.02. The Morgan fingerprint density at radius 2 is 2.26 bits per heavy atom. The van der Waals surface area contributed by atoms with Gasteiger partial charge in [-0.25, -0.2) is 10.2 Å². The van der Waals surface area contributed by atoms with Crippen molar-refractivity contribution in [3.05, 3.63) is 21.9 Å². The first kappa shape index (κ1) is 15.2. The number of urea groups is 1. The van der Waals surface area contributed by atoms with E-state index in [1.165, 1.54) is 12.0 Å². The zero-order valence-electron chi connectivity index (χ0n) is 10.7. The highest BCUT2D eigenvalue weighted by Crippen LogP contribution is 2.17. The zero-order valence-corrected chi connectivity index (χ0v) is 11.5. The van der Waals surface area contributed by atoms with Crippen LogP contribution in [0.25, 0.3) is 0 Å². The van der Waals surface area contributed by atoms with Crippen molar-refractivity contribution in [3.63, 3.8) is 0 Å². The van der Waals surface area contributed by atoms with Crippen LogP contribution in [0.3, 0.4) is 0 Å². The van der Waals surface area contributed by atoms with E-state index in [2.05, 4.69) is 15.3 Å². The molecule has 0 saturated carbocycles. The summed E-state index contributed by atoms with van der Waals surface area (Å²) in [6, 6.07) is 3.25. The number of nitrogens with zero attached hydrogens (tertiary/aromatic N) is 1. The predicted molar refractivity (Wildman–Crippen MR) is 74.2 cm³/mol. The predicted octanol–water partition coefficient (Wildman–Crippen LogP) is 1.64. The molecule has 0 unspecified atom stereocenters. The molecular formula is C12H17N3O3S. The molecule has 0 bridgehead atoms. The molecule has 0 aliphatic heterocycles. The number of hydrazone groups is 1. The van der Waals surface area contributed by atoms with E-state index in [-0.39, 0.29) is 5.97 Å². The lowest BCUT2D eigenvalue weighted by Gasteiger charge is -1.98. The third kappa shape index (κ3) is 6.56. The number of ether oxygens (including phenoxy) is 1. The molecule has 0 fully saturated rings. The molecule has 19 heavy (non-hydrogen) atoms. The monoisotopic (exact) mass is 283 g/mol. The van der Waals surface area contributed by atoms with E-state index in [9.17, 15) is 9.59 Å². The number of carbonyl (C=O) groups is 2. The topological polar surface area (TPSA) is 93.8 Å². The van der Waals surface area contributed by atoms with E-state index in [1.807, 2.05) is 12.1 Å². The number of rotatable bonds is 7. The summed E-state index contributed by atoms with van der Waals surface area (Å²) in [7, 11) is 1.40. The van der Waals surface area contributed by atoms with Gasteiger partial charge in [-0.1, -0.05) is 0 Å². The Morgan fingerprint density at radius 1 is 1.47 bits per heavy atom. The normalized spacial score (nSPS) is 10.6. The van der Waals surface area contributed by atoms with Gasteiger partial charge >= 0.3 is 12.0 Å². The van der Waals surface area contributed by atoms with Crippen molar-refractivity contribution in [1.29, 1.82) is 0 Å². The van der Waals surface area contributed by atoms with E-state index >= 15 is 0 Å². The van der Waals surface area contributed by atoms with Crippen LogP contribution in [0, 0.1) is 0 Å². The lowest BCUT2D eigenvalue weighted by molar-refractivity contribution is -0.140. The molecule has 0 aromatic carbocycles. The van der Waals surface area contributed by atoms with Crippen LogP contribution in [0.1, 0.15) is 29.0 Å². The fourth-order valence-corrected chi connectivity index (χ4v) is 2.36. The van der Waals surface area contributed by atoms with Crippen molar-refractivity contribution in [2.75, 3.05) is 7.11 Å². The lowest BCUT2D eigenvalue weighted by atomic mass is 10.2. The van der Waals surface area contributed by atoms with E-state index in [0.29, 0.717) is 6.42 Å². The number of thiophene rings is 1. The van der Waals surface area contributed by atoms with Crippen LogP contribution in [0.4, 0.5) is 4.79 Å². The van der Waals surface area contributed by atoms with Crippen molar-refractivity contribution in [2.45, 2.75) is 25.7 Å². The van der Waals surface area contributed by atoms with Gasteiger partial charge in [-0.05, 0) is 31.4 Å². The van der Waals surface area contributed by atoms with Crippen molar-refractivity contribution in [1.82, 2.24) is 5.43 Å². The van der Waals surface area contributed by atoms with Crippen molar-refractivity contribution in [3.8, 4) is 0 Å². The van der Waals surface area contributed by atoms with Crippen LogP contribution in [0.15, 0.2) is 17.2 Å². The van der Waals surface area contributed by atoms with Crippen LogP contribution < -0.4 is 11.2 Å². The number of amides is 2. The number of esters is 1. The first-order valence-corrected chi connectivity index (χ1v) is 6.67. The van der Waals surface area contributed by atoms with Gasteiger partial charge < -0.3 is 10.5 Å². The molecule has 1 aromatic heterocycles. The minimum Gasteiger partial charge on any atom is -0.469 e. The molecule has 0 radical (unpaired) electrons. The molecule has 1 rings (SSSR count). The Labute approximate surface area is 115 Å². The summed E-state index contributed by atoms with van der Waals surface area (Å²) in [5, 5.41) is 3.68. The molecule has 104 valence electrons. The Kier molecular flexibility index (Phi) is 6.59. The molecule has 0 aliphatic carbocycles. The maximum absolute atomic E-state index is 10.9. The highest BCUT2D eigenvalue weighted by atomic mass is 32.1. The van der Waals surface area contributed by atoms with Crippen LogP contribution in [0.5, 0.6) is 0 Å². The van der Waals surface area contributed by atoms with Crippen molar-refractivity contribution in [2.24, 2.45) is 10.8 Å². The summed E-state index contributed by atoms with van der Waals surface area (Å²) in [6.45, 7) is 0. The van der Waals surface area contributed by atoms with Crippen molar-refractivity contribution >= 4 is 29.6 Å². The van der Waals surface area contributed by atoms with Gasteiger partial charge in [-0.3, -0.25) is 4.79 Å². The SMILES string of the molecule is COC(=O)CCCCc1ccc(C=NNC(N)=O)s1. The molecule has 0 spiro atoms. The van der Waals surface area contributed by atoms with Crippen LogP contribution in [-0.4, -0.2) is 25.3 Å². The Morgan fingerprint density at radius 3 is 2.95 bits per heavy atom. The first-order chi connectivity index (χ1) is 9.11. The van der Waals surface area contributed by atoms with Crippen LogP contribution in [0.2, 0.25) is 0 Å². The molecule has 2 amide bonds. The van der Waals surface area contributed by atoms with Crippen LogP contribution in [-0.2, 0) is 16.0 Å². The van der Waals surface area contributed by atoms with Gasteiger partial charge in [0.15, 0.2) is 0 Å². The number of unbranched alkanes of at least 4 members (excludes halogenated alkanes) is 1. The number of aryl methyl sites for hydroxylation is 1. The minimum absolute atomic E-state index is 0.170. The average molecular weight is 283 g/mol. The second-order valence-electron chi connectivity index (χ2n) is 3.82. The molecule has 0 saturated heterocycles.